The number of hydrogen-bond acceptors (Lipinski definition) is 6. The predicted molar refractivity (Wildman–Crippen MR) is 93.7 cm³/mol. The molecule has 1 aromatic carbocycles. The van der Waals surface area contributed by atoms with Crippen LogP contribution >= 0.6 is 0 Å². The van der Waals surface area contributed by atoms with Crippen molar-refractivity contribution in [3.63, 3.8) is 0 Å². The van der Waals surface area contributed by atoms with Crippen molar-refractivity contribution in [3.05, 3.63) is 36.2 Å². The summed E-state index contributed by atoms with van der Waals surface area (Å²) in [6, 6.07) is 5.53. The number of nitrogens with zero attached hydrogens (tertiary/aromatic N) is 5. The molecule has 0 saturated carbocycles. The van der Waals surface area contributed by atoms with E-state index < -0.39 is 5.60 Å². The highest BCUT2D eigenvalue weighted by Gasteiger charge is 2.27. The maximum absolute atomic E-state index is 12.6. The van der Waals surface area contributed by atoms with Crippen LogP contribution in [0.25, 0.3) is 11.4 Å². The van der Waals surface area contributed by atoms with Gasteiger partial charge >= 0.3 is 6.09 Å². The minimum atomic E-state index is -0.546. The molecule has 0 spiro atoms. The Labute approximate surface area is 146 Å². The van der Waals surface area contributed by atoms with Gasteiger partial charge in [0.05, 0.1) is 11.4 Å². The fraction of sp³-hybridized carbons (Fsp3) is 0.412. The Balaban J connectivity index is 1.90. The Morgan fingerprint density at radius 1 is 1.32 bits per heavy atom. The van der Waals surface area contributed by atoms with E-state index in [4.69, 9.17) is 10.5 Å². The summed E-state index contributed by atoms with van der Waals surface area (Å²) < 4.78 is 7.05. The number of nitrogen functional groups attached to an aromatic ring is 1. The number of ether oxygens (including phenoxy) is 1. The van der Waals surface area contributed by atoms with E-state index in [-0.39, 0.29) is 6.09 Å². The monoisotopic (exact) mass is 342 g/mol. The number of allylic oxidation sites excluding steroid dienone is 1. The van der Waals surface area contributed by atoms with Crippen LogP contribution in [0.15, 0.2) is 30.6 Å². The van der Waals surface area contributed by atoms with Crippen LogP contribution in [0.3, 0.4) is 0 Å². The lowest BCUT2D eigenvalue weighted by Crippen LogP contribution is -2.37. The molecular weight excluding hydrogens is 320 g/mol. The lowest BCUT2D eigenvalue weighted by Gasteiger charge is -2.32. The summed E-state index contributed by atoms with van der Waals surface area (Å²) in [6.07, 6.45) is 4.95. The molecule has 0 aliphatic carbocycles. The number of tetrazole rings is 1. The van der Waals surface area contributed by atoms with Gasteiger partial charge in [0.1, 0.15) is 11.9 Å². The minimum absolute atomic E-state index is 0.359. The van der Waals surface area contributed by atoms with Crippen LogP contribution in [0.1, 0.15) is 39.2 Å². The van der Waals surface area contributed by atoms with Gasteiger partial charge in [-0.15, -0.1) is 5.10 Å². The van der Waals surface area contributed by atoms with Gasteiger partial charge in [0.25, 0.3) is 0 Å². The number of rotatable bonds is 2. The van der Waals surface area contributed by atoms with Crippen molar-refractivity contribution in [1.82, 2.24) is 25.1 Å². The average Bonchev–Trinajstić information content (AvgIpc) is 3.07. The predicted octanol–water partition coefficient (Wildman–Crippen LogP) is 2.62. The van der Waals surface area contributed by atoms with Crippen LogP contribution in [0.5, 0.6) is 0 Å². The van der Waals surface area contributed by atoms with Gasteiger partial charge in [0.2, 0.25) is 0 Å². The highest BCUT2D eigenvalue weighted by Crippen LogP contribution is 2.31. The van der Waals surface area contributed by atoms with E-state index in [0.29, 0.717) is 12.2 Å². The molecule has 2 heterocycles. The first-order chi connectivity index (χ1) is 11.8. The van der Waals surface area contributed by atoms with Crippen LogP contribution < -0.4 is 5.73 Å². The Bertz CT molecular complexity index is 792. The number of carbonyl (C=O) groups excluding carboxylic acids is 1. The molecule has 8 nitrogen and oxygen atoms in total. The van der Waals surface area contributed by atoms with Crippen molar-refractivity contribution >= 4 is 17.5 Å². The minimum Gasteiger partial charge on any atom is -0.443 e. The summed E-state index contributed by atoms with van der Waals surface area (Å²) >= 11 is 0. The summed E-state index contributed by atoms with van der Waals surface area (Å²) in [7, 11) is 0. The smallest absolute Gasteiger partial charge is 0.414 e. The molecule has 0 atom stereocenters. The fourth-order valence-corrected chi connectivity index (χ4v) is 2.69. The summed E-state index contributed by atoms with van der Waals surface area (Å²) in [5, 5.41) is 11.1. The topological polar surface area (TPSA) is 99.2 Å². The standard InChI is InChI=1S/C17H22N6O2/c1-17(2,3)25-16(24)22-9-5-4-6-15(22)13-8-7-12(10-14(13)18)23-11-19-20-21-23/h6-8,10-11H,4-5,9,18H2,1-3H3. The second kappa shape index (κ2) is 6.54. The number of benzene rings is 1. The number of anilines is 1. The van der Waals surface area contributed by atoms with E-state index in [1.807, 2.05) is 39.0 Å². The zero-order valence-corrected chi connectivity index (χ0v) is 14.6. The first-order valence-corrected chi connectivity index (χ1v) is 8.19. The summed E-state index contributed by atoms with van der Waals surface area (Å²) in [5.41, 5.74) is 8.58. The van der Waals surface area contributed by atoms with Crippen LogP contribution in [0.2, 0.25) is 0 Å². The molecule has 1 aliphatic rings. The molecule has 0 radical (unpaired) electrons. The Morgan fingerprint density at radius 2 is 2.12 bits per heavy atom. The first-order valence-electron chi connectivity index (χ1n) is 8.19. The van der Waals surface area contributed by atoms with E-state index in [1.54, 1.807) is 11.0 Å². The zero-order valence-electron chi connectivity index (χ0n) is 14.6. The van der Waals surface area contributed by atoms with Crippen LogP contribution in [-0.2, 0) is 4.74 Å². The van der Waals surface area contributed by atoms with E-state index in [9.17, 15) is 4.79 Å². The van der Waals surface area contributed by atoms with E-state index in [2.05, 4.69) is 15.5 Å². The second-order valence-electron chi connectivity index (χ2n) is 6.89. The number of carbonyl (C=O) groups is 1. The van der Waals surface area contributed by atoms with Gasteiger partial charge < -0.3 is 10.5 Å². The van der Waals surface area contributed by atoms with Crippen LogP contribution in [0.4, 0.5) is 10.5 Å². The Morgan fingerprint density at radius 3 is 2.76 bits per heavy atom. The molecule has 132 valence electrons. The van der Waals surface area contributed by atoms with Gasteiger partial charge in [-0.25, -0.2) is 9.48 Å². The van der Waals surface area contributed by atoms with E-state index in [0.717, 1.165) is 29.8 Å². The summed E-state index contributed by atoms with van der Waals surface area (Å²) in [5.74, 6) is 0. The third-order valence-electron chi connectivity index (χ3n) is 3.75. The molecule has 8 heteroatoms. The average molecular weight is 342 g/mol. The highest BCUT2D eigenvalue weighted by molar-refractivity contribution is 5.86. The molecule has 0 saturated heterocycles. The zero-order chi connectivity index (χ0) is 18.0. The lowest BCUT2D eigenvalue weighted by molar-refractivity contribution is 0.0347. The van der Waals surface area contributed by atoms with Gasteiger partial charge in [-0.2, -0.15) is 0 Å². The number of amides is 1. The summed E-state index contributed by atoms with van der Waals surface area (Å²) in [6.45, 7) is 6.17. The lowest BCUT2D eigenvalue weighted by atomic mass is 10.0. The van der Waals surface area contributed by atoms with Crippen LogP contribution in [-0.4, -0.2) is 43.3 Å². The van der Waals surface area contributed by atoms with Crippen molar-refractivity contribution in [1.29, 1.82) is 0 Å². The van der Waals surface area contributed by atoms with Crippen molar-refractivity contribution < 1.29 is 9.53 Å². The van der Waals surface area contributed by atoms with Crippen LogP contribution in [0, 0.1) is 0 Å². The first kappa shape index (κ1) is 16.9. The summed E-state index contributed by atoms with van der Waals surface area (Å²) in [4.78, 5) is 14.2. The third kappa shape index (κ3) is 3.78. The molecule has 0 fully saturated rings. The number of nitrogens with two attached hydrogens (primary N) is 1. The molecular formula is C17H22N6O2. The highest BCUT2D eigenvalue weighted by atomic mass is 16.6. The number of aromatic nitrogens is 4. The quantitative estimate of drug-likeness (QED) is 0.842. The normalized spacial score (nSPS) is 15.0. The molecule has 2 N–H and O–H groups in total. The second-order valence-corrected chi connectivity index (χ2v) is 6.89. The van der Waals surface area contributed by atoms with E-state index in [1.165, 1.54) is 11.0 Å². The van der Waals surface area contributed by atoms with Gasteiger partial charge in [-0.05, 0) is 62.2 Å². The molecule has 1 aliphatic heterocycles. The Kier molecular flexibility index (Phi) is 4.43. The van der Waals surface area contributed by atoms with Crippen molar-refractivity contribution in [2.24, 2.45) is 0 Å². The Hall–Kier alpha value is -2.90. The van der Waals surface area contributed by atoms with Crippen molar-refractivity contribution in [2.45, 2.75) is 39.2 Å². The van der Waals surface area contributed by atoms with Gasteiger partial charge in [0.15, 0.2) is 0 Å². The molecule has 25 heavy (non-hydrogen) atoms. The third-order valence-corrected chi connectivity index (χ3v) is 3.75. The van der Waals surface area contributed by atoms with E-state index >= 15 is 0 Å². The number of hydrogen-bond donors (Lipinski definition) is 1. The SMILES string of the molecule is CC(C)(C)OC(=O)N1CCCC=C1c1ccc(-n2cnnn2)cc1N. The van der Waals surface area contributed by atoms with Crippen molar-refractivity contribution in [3.8, 4) is 5.69 Å². The van der Waals surface area contributed by atoms with Gasteiger partial charge in [-0.3, -0.25) is 4.90 Å². The van der Waals surface area contributed by atoms with Gasteiger partial charge in [0, 0.05) is 17.8 Å². The molecule has 0 unspecified atom stereocenters. The fourth-order valence-electron chi connectivity index (χ4n) is 2.69. The van der Waals surface area contributed by atoms with Crippen molar-refractivity contribution in [2.75, 3.05) is 12.3 Å². The molecule has 2 aromatic rings. The molecule has 1 amide bonds. The molecule has 0 bridgehead atoms. The largest absolute Gasteiger partial charge is 0.443 e. The molecule has 1 aromatic heterocycles. The maximum atomic E-state index is 12.6. The molecule has 3 rings (SSSR count). The maximum Gasteiger partial charge on any atom is 0.414 e. The van der Waals surface area contributed by atoms with Gasteiger partial charge in [-0.1, -0.05) is 6.08 Å².